The molecule has 0 bridgehead atoms. The summed E-state index contributed by atoms with van der Waals surface area (Å²) in [5.74, 6) is -0.229. The number of halogens is 1. The summed E-state index contributed by atoms with van der Waals surface area (Å²) >= 11 is 0. The lowest BCUT2D eigenvalue weighted by Gasteiger charge is -2.14. The van der Waals surface area contributed by atoms with Crippen LogP contribution in [0.4, 0.5) is 10.2 Å². The lowest BCUT2D eigenvalue weighted by atomic mass is 10.0. The number of carbonyl (C=O) groups excluding carboxylic acids is 1. The lowest BCUT2D eigenvalue weighted by molar-refractivity contribution is 0.0951. The summed E-state index contributed by atoms with van der Waals surface area (Å²) in [5.41, 5.74) is 2.91. The first-order chi connectivity index (χ1) is 15.1. The molecular weight excluding hydrogens is 395 g/mol. The number of aliphatic hydroxyl groups excluding tert-OH is 1. The monoisotopic (exact) mass is 418 g/mol. The fourth-order valence-electron chi connectivity index (χ4n) is 3.13. The molecule has 3 rings (SSSR count). The number of aliphatic hydroxyl groups is 1. The molecule has 1 amide bonds. The van der Waals surface area contributed by atoms with E-state index in [9.17, 15) is 14.4 Å². The average Bonchev–Trinajstić information content (AvgIpc) is 2.79. The Bertz CT molecular complexity index is 1090. The normalized spacial score (nSPS) is 10.4. The number of aromatic nitrogens is 1. The van der Waals surface area contributed by atoms with E-state index in [0.29, 0.717) is 54.1 Å². The molecule has 0 aliphatic rings. The molecular formula is C24H23FN4O2. The number of benzene rings is 2. The first kappa shape index (κ1) is 21.9. The standard InChI is InChI=1S/C24H23FN4O2/c25-19-7-3-5-17(15-19)11-13-27-23-21(24(31)28-12-4-14-30)9-10-22(29-23)20-8-2-1-6-18(20)16-26/h1-3,5-10,15,30H,4,11-14H2,(H,27,29)(H,28,31). The molecule has 3 aromatic rings. The van der Waals surface area contributed by atoms with Crippen molar-refractivity contribution < 1.29 is 14.3 Å². The molecule has 0 unspecified atom stereocenters. The van der Waals surface area contributed by atoms with Gasteiger partial charge in [-0.2, -0.15) is 5.26 Å². The molecule has 0 aliphatic heterocycles. The Morgan fingerprint density at radius 1 is 1.10 bits per heavy atom. The molecule has 7 heteroatoms. The number of pyridine rings is 1. The van der Waals surface area contributed by atoms with E-state index in [1.165, 1.54) is 12.1 Å². The minimum atomic E-state index is -0.311. The zero-order valence-electron chi connectivity index (χ0n) is 16.9. The number of nitrogens with one attached hydrogen (secondary N) is 2. The SMILES string of the molecule is N#Cc1ccccc1-c1ccc(C(=O)NCCCO)c(NCCc2cccc(F)c2)n1. The Labute approximate surface area is 180 Å². The van der Waals surface area contributed by atoms with Crippen molar-refractivity contribution in [1.82, 2.24) is 10.3 Å². The van der Waals surface area contributed by atoms with Crippen molar-refractivity contribution >= 4 is 11.7 Å². The molecule has 0 atom stereocenters. The Balaban J connectivity index is 1.86. The maximum absolute atomic E-state index is 13.4. The van der Waals surface area contributed by atoms with E-state index < -0.39 is 0 Å². The molecule has 0 spiro atoms. The molecule has 158 valence electrons. The quantitative estimate of drug-likeness (QED) is 0.462. The van der Waals surface area contributed by atoms with Gasteiger partial charge in [0.05, 0.1) is 22.9 Å². The Hall–Kier alpha value is -3.76. The highest BCUT2D eigenvalue weighted by molar-refractivity contribution is 5.99. The first-order valence-corrected chi connectivity index (χ1v) is 10.0. The van der Waals surface area contributed by atoms with Crippen LogP contribution in [0.2, 0.25) is 0 Å². The molecule has 31 heavy (non-hydrogen) atoms. The van der Waals surface area contributed by atoms with Gasteiger partial charge in [0.1, 0.15) is 11.6 Å². The molecule has 0 saturated heterocycles. The Morgan fingerprint density at radius 2 is 1.94 bits per heavy atom. The van der Waals surface area contributed by atoms with Gasteiger partial charge in [-0.1, -0.05) is 30.3 Å². The zero-order chi connectivity index (χ0) is 22.1. The van der Waals surface area contributed by atoms with Gasteiger partial charge in [-0.25, -0.2) is 9.37 Å². The van der Waals surface area contributed by atoms with Crippen LogP contribution >= 0.6 is 0 Å². The van der Waals surface area contributed by atoms with Crippen molar-refractivity contribution in [3.8, 4) is 17.3 Å². The third-order valence-electron chi connectivity index (χ3n) is 4.68. The Morgan fingerprint density at radius 3 is 2.71 bits per heavy atom. The third kappa shape index (κ3) is 5.87. The van der Waals surface area contributed by atoms with Gasteiger partial charge < -0.3 is 15.7 Å². The van der Waals surface area contributed by atoms with Crippen molar-refractivity contribution in [1.29, 1.82) is 5.26 Å². The predicted octanol–water partition coefficient (Wildman–Crippen LogP) is 3.53. The number of hydrogen-bond donors (Lipinski definition) is 3. The van der Waals surface area contributed by atoms with Gasteiger partial charge in [-0.3, -0.25) is 4.79 Å². The Kier molecular flexibility index (Phi) is 7.68. The second kappa shape index (κ2) is 10.9. The van der Waals surface area contributed by atoms with Crippen LogP contribution in [0.3, 0.4) is 0 Å². The second-order valence-electron chi connectivity index (χ2n) is 6.89. The molecule has 1 aromatic heterocycles. The summed E-state index contributed by atoms with van der Waals surface area (Å²) in [4.78, 5) is 17.2. The van der Waals surface area contributed by atoms with E-state index in [-0.39, 0.29) is 18.3 Å². The zero-order valence-corrected chi connectivity index (χ0v) is 16.9. The average molecular weight is 418 g/mol. The first-order valence-electron chi connectivity index (χ1n) is 10.0. The molecule has 0 saturated carbocycles. The summed E-state index contributed by atoms with van der Waals surface area (Å²) in [5, 5.41) is 24.3. The molecule has 0 radical (unpaired) electrons. The predicted molar refractivity (Wildman–Crippen MR) is 117 cm³/mol. The van der Waals surface area contributed by atoms with Gasteiger partial charge in [-0.15, -0.1) is 0 Å². The van der Waals surface area contributed by atoms with Crippen LogP contribution in [0, 0.1) is 17.1 Å². The van der Waals surface area contributed by atoms with Crippen LogP contribution < -0.4 is 10.6 Å². The third-order valence-corrected chi connectivity index (χ3v) is 4.68. The van der Waals surface area contributed by atoms with Crippen molar-refractivity contribution in [2.45, 2.75) is 12.8 Å². The molecule has 3 N–H and O–H groups in total. The minimum absolute atomic E-state index is 0.0127. The molecule has 2 aromatic carbocycles. The highest BCUT2D eigenvalue weighted by Gasteiger charge is 2.15. The number of amides is 1. The van der Waals surface area contributed by atoms with Gasteiger partial charge in [0.15, 0.2) is 0 Å². The molecule has 0 fully saturated rings. The van der Waals surface area contributed by atoms with Gasteiger partial charge in [0, 0.05) is 25.3 Å². The number of nitriles is 1. The van der Waals surface area contributed by atoms with Crippen LogP contribution in [-0.4, -0.2) is 35.7 Å². The van der Waals surface area contributed by atoms with Gasteiger partial charge in [-0.05, 0) is 48.7 Å². The highest BCUT2D eigenvalue weighted by Crippen LogP contribution is 2.25. The van der Waals surface area contributed by atoms with Crippen molar-refractivity contribution in [2.24, 2.45) is 0 Å². The van der Waals surface area contributed by atoms with Crippen LogP contribution in [-0.2, 0) is 6.42 Å². The number of anilines is 1. The summed E-state index contributed by atoms with van der Waals surface area (Å²) in [6, 6.07) is 19.0. The van der Waals surface area contributed by atoms with E-state index in [1.807, 2.05) is 12.1 Å². The number of rotatable bonds is 9. The van der Waals surface area contributed by atoms with E-state index in [2.05, 4.69) is 21.7 Å². The molecule has 1 heterocycles. The largest absolute Gasteiger partial charge is 0.396 e. The molecule has 0 aliphatic carbocycles. The smallest absolute Gasteiger partial charge is 0.255 e. The number of carbonyl (C=O) groups is 1. The fraction of sp³-hybridized carbons (Fsp3) is 0.208. The summed E-state index contributed by atoms with van der Waals surface area (Å²) < 4.78 is 13.4. The van der Waals surface area contributed by atoms with E-state index in [4.69, 9.17) is 5.11 Å². The van der Waals surface area contributed by atoms with E-state index in [1.54, 1.807) is 36.4 Å². The summed E-state index contributed by atoms with van der Waals surface area (Å²) in [6.45, 7) is 0.773. The van der Waals surface area contributed by atoms with Gasteiger partial charge in [0.2, 0.25) is 0 Å². The van der Waals surface area contributed by atoms with Crippen molar-refractivity contribution in [2.75, 3.05) is 25.0 Å². The van der Waals surface area contributed by atoms with Gasteiger partial charge in [0.25, 0.3) is 5.91 Å². The van der Waals surface area contributed by atoms with Crippen LogP contribution in [0.25, 0.3) is 11.3 Å². The maximum Gasteiger partial charge on any atom is 0.255 e. The van der Waals surface area contributed by atoms with Crippen LogP contribution in [0.15, 0.2) is 60.7 Å². The summed E-state index contributed by atoms with van der Waals surface area (Å²) in [7, 11) is 0. The summed E-state index contributed by atoms with van der Waals surface area (Å²) in [6.07, 6.45) is 0.999. The van der Waals surface area contributed by atoms with Crippen LogP contribution in [0.5, 0.6) is 0 Å². The van der Waals surface area contributed by atoms with E-state index in [0.717, 1.165) is 5.56 Å². The lowest BCUT2D eigenvalue weighted by Crippen LogP contribution is -2.26. The fourth-order valence-corrected chi connectivity index (χ4v) is 3.13. The highest BCUT2D eigenvalue weighted by atomic mass is 19.1. The molecule has 6 nitrogen and oxygen atoms in total. The number of nitrogens with zero attached hydrogens (tertiary/aromatic N) is 2. The topological polar surface area (TPSA) is 98.0 Å². The number of hydrogen-bond acceptors (Lipinski definition) is 5. The van der Waals surface area contributed by atoms with Crippen molar-refractivity contribution in [3.63, 3.8) is 0 Å². The minimum Gasteiger partial charge on any atom is -0.396 e. The van der Waals surface area contributed by atoms with Crippen molar-refractivity contribution in [3.05, 3.63) is 83.2 Å². The van der Waals surface area contributed by atoms with Gasteiger partial charge >= 0.3 is 0 Å². The van der Waals surface area contributed by atoms with Crippen LogP contribution in [0.1, 0.15) is 27.9 Å². The maximum atomic E-state index is 13.4. The second-order valence-corrected chi connectivity index (χ2v) is 6.89. The van der Waals surface area contributed by atoms with E-state index >= 15 is 0 Å².